The van der Waals surface area contributed by atoms with Crippen LogP contribution in [0, 0.1) is 6.57 Å². The van der Waals surface area contributed by atoms with Crippen LogP contribution in [0.5, 0.6) is 0 Å². The largest absolute Gasteiger partial charge is 0.309 e. The van der Waals surface area contributed by atoms with Crippen LogP contribution in [0.2, 0.25) is 0 Å². The molecule has 6 heterocycles. The lowest BCUT2D eigenvalue weighted by atomic mass is 9.67. The summed E-state index contributed by atoms with van der Waals surface area (Å²) in [6.45, 7) is 7.87. The molecule has 0 atom stereocenters. The Morgan fingerprint density at radius 2 is 0.772 bits per heavy atom. The zero-order chi connectivity index (χ0) is 51.9. The summed E-state index contributed by atoms with van der Waals surface area (Å²) in [6.07, 6.45) is 3.79. The van der Waals surface area contributed by atoms with Gasteiger partial charge >= 0.3 is 0 Å². The second-order valence-electron chi connectivity index (χ2n) is 20.8. The van der Waals surface area contributed by atoms with Crippen molar-refractivity contribution in [1.29, 1.82) is 0 Å². The van der Waals surface area contributed by atoms with Crippen LogP contribution in [0.3, 0.4) is 0 Å². The topological polar surface area (TPSA) is 44.9 Å². The first-order valence-electron chi connectivity index (χ1n) is 26.6. The van der Waals surface area contributed by atoms with Crippen LogP contribution >= 0.6 is 11.8 Å². The van der Waals surface area contributed by atoms with Crippen molar-refractivity contribution in [2.45, 2.75) is 15.2 Å². The highest BCUT2D eigenvalue weighted by atomic mass is 32.2. The summed E-state index contributed by atoms with van der Waals surface area (Å²) in [5, 5.41) is 7.12. The number of benzene rings is 10. The zero-order valence-electron chi connectivity index (χ0n) is 42.3. The maximum Gasteiger partial charge on any atom is 0.188 e. The Kier molecular flexibility index (Phi) is 9.24. The van der Waals surface area contributed by atoms with Crippen LogP contribution in [0.1, 0.15) is 22.3 Å². The molecule has 0 saturated heterocycles. The van der Waals surface area contributed by atoms with E-state index in [1.807, 2.05) is 42.4 Å². The smallest absolute Gasteiger partial charge is 0.188 e. The third-order valence-corrected chi connectivity index (χ3v) is 17.9. The van der Waals surface area contributed by atoms with Gasteiger partial charge in [0, 0.05) is 66.2 Å². The molecule has 0 amide bonds. The van der Waals surface area contributed by atoms with Gasteiger partial charge < -0.3 is 13.7 Å². The van der Waals surface area contributed by atoms with Crippen molar-refractivity contribution in [2.75, 3.05) is 0 Å². The maximum absolute atomic E-state index is 7.87. The molecule has 6 nitrogen and oxygen atoms in total. The van der Waals surface area contributed by atoms with E-state index in [2.05, 4.69) is 243 Å². The molecule has 0 unspecified atom stereocenters. The highest BCUT2D eigenvalue weighted by Gasteiger charge is 2.51. The van der Waals surface area contributed by atoms with Gasteiger partial charge in [-0.25, -0.2) is 4.85 Å². The number of pyridine rings is 2. The second kappa shape index (κ2) is 16.6. The Labute approximate surface area is 458 Å². The van der Waals surface area contributed by atoms with Gasteiger partial charge in [0.15, 0.2) is 5.69 Å². The molecule has 1 aliphatic carbocycles. The fourth-order valence-electron chi connectivity index (χ4n) is 13.5. The first kappa shape index (κ1) is 43.9. The van der Waals surface area contributed by atoms with Crippen LogP contribution in [-0.4, -0.2) is 23.7 Å². The molecule has 0 N–H and O–H groups in total. The average molecular weight is 1020 g/mol. The normalized spacial score (nSPS) is 13.1. The fourth-order valence-corrected chi connectivity index (χ4v) is 14.7. The molecule has 15 aromatic rings. The Balaban J connectivity index is 0.801. The highest BCUT2D eigenvalue weighted by Crippen LogP contribution is 2.62. The molecule has 1 aliphatic heterocycles. The molecule has 2 aliphatic rings. The predicted molar refractivity (Wildman–Crippen MR) is 324 cm³/mol. The first-order chi connectivity index (χ1) is 39.1. The van der Waals surface area contributed by atoms with Gasteiger partial charge in [-0.2, -0.15) is 0 Å². The lowest BCUT2D eigenvalue weighted by Crippen LogP contribution is -2.32. The molecule has 1 spiro atoms. The minimum absolute atomic E-state index is 0.630. The van der Waals surface area contributed by atoms with Gasteiger partial charge in [0.05, 0.1) is 56.5 Å². The van der Waals surface area contributed by atoms with E-state index in [-0.39, 0.29) is 0 Å². The Hall–Kier alpha value is -10.3. The third-order valence-electron chi connectivity index (χ3n) is 16.8. The molecule has 17 rings (SSSR count). The van der Waals surface area contributed by atoms with Crippen molar-refractivity contribution in [3.05, 3.63) is 289 Å². The molecule has 0 bridgehead atoms. The van der Waals surface area contributed by atoms with Crippen LogP contribution < -0.4 is 0 Å². The summed E-state index contributed by atoms with van der Waals surface area (Å²) in [7, 11) is 0. The summed E-state index contributed by atoms with van der Waals surface area (Å²) in [5.41, 5.74) is 21.4. The number of fused-ring (bicyclic) bond motifs is 18. The number of aromatic nitrogens is 5. The standard InChI is InChI=1S/C72H42N6S/c1-73-48-27-35-67-57(43-48)56-40-45(25-34-66(56)76(67)49-13-3-2-4-14-49)47-23-32-58-69(42-47)79-68-36-26-46(41-61(68)72(58)59-18-11-37-74-70(59)71-60(72)19-12-38-75-71)44-24-33-65-55(39-44)54-17-7-10-22-64(54)78(65)51-30-28-50(29-31-51)77-62-20-8-5-15-52(62)53-16-6-9-21-63(53)77/h2-43H. The van der Waals surface area contributed by atoms with Gasteiger partial charge in [-0.05, 0) is 171 Å². The van der Waals surface area contributed by atoms with E-state index >= 15 is 0 Å². The van der Waals surface area contributed by atoms with Gasteiger partial charge in [-0.15, -0.1) is 0 Å². The molecule has 79 heavy (non-hydrogen) atoms. The van der Waals surface area contributed by atoms with Gasteiger partial charge in [-0.3, -0.25) is 9.97 Å². The SMILES string of the molecule is [C-]#[N+]c1ccc2c(c1)c1cc(-c3ccc4c(c3)Sc3ccc(-c5ccc6c(c5)c5ccccc5n6-c5ccc(-n6c7ccccc7c7ccccc76)cc5)cc3C43c4cccnc4-c4ncccc43)ccc1n2-c1ccccc1. The lowest BCUT2D eigenvalue weighted by Gasteiger charge is -2.39. The lowest BCUT2D eigenvalue weighted by molar-refractivity contribution is 0.720. The molecular weight excluding hydrogens is 981 g/mol. The van der Waals surface area contributed by atoms with E-state index in [4.69, 9.17) is 16.5 Å². The molecule has 10 aromatic carbocycles. The van der Waals surface area contributed by atoms with Crippen LogP contribution in [-0.2, 0) is 5.41 Å². The van der Waals surface area contributed by atoms with E-state index < -0.39 is 5.41 Å². The second-order valence-corrected chi connectivity index (χ2v) is 21.8. The molecule has 7 heteroatoms. The van der Waals surface area contributed by atoms with Crippen LogP contribution in [0.4, 0.5) is 5.69 Å². The molecule has 366 valence electrons. The van der Waals surface area contributed by atoms with Crippen molar-refractivity contribution >= 4 is 82.9 Å². The Morgan fingerprint density at radius 1 is 0.329 bits per heavy atom. The Morgan fingerprint density at radius 3 is 1.35 bits per heavy atom. The predicted octanol–water partition coefficient (Wildman–Crippen LogP) is 18.5. The van der Waals surface area contributed by atoms with Crippen molar-refractivity contribution < 1.29 is 0 Å². The van der Waals surface area contributed by atoms with Crippen molar-refractivity contribution in [2.24, 2.45) is 0 Å². The molecule has 5 aromatic heterocycles. The number of para-hydroxylation sites is 4. The van der Waals surface area contributed by atoms with E-state index in [1.54, 1.807) is 0 Å². The average Bonchev–Trinajstić information content (AvgIpc) is 3.11. The van der Waals surface area contributed by atoms with Crippen LogP contribution in [0.15, 0.2) is 265 Å². The number of rotatable bonds is 5. The summed E-state index contributed by atoms with van der Waals surface area (Å²) >= 11 is 1.84. The summed E-state index contributed by atoms with van der Waals surface area (Å²) in [5.74, 6) is 0. The molecule has 0 fully saturated rings. The minimum Gasteiger partial charge on any atom is -0.309 e. The van der Waals surface area contributed by atoms with E-state index in [0.717, 1.165) is 89.2 Å². The first-order valence-corrected chi connectivity index (χ1v) is 27.5. The van der Waals surface area contributed by atoms with E-state index in [0.29, 0.717) is 5.69 Å². The number of nitrogens with zero attached hydrogens (tertiary/aromatic N) is 6. The maximum atomic E-state index is 7.87. The number of hydrogen-bond donors (Lipinski definition) is 0. The van der Waals surface area contributed by atoms with Crippen molar-refractivity contribution in [3.63, 3.8) is 0 Å². The van der Waals surface area contributed by atoms with Gasteiger partial charge in [-0.1, -0.05) is 133 Å². The highest BCUT2D eigenvalue weighted by molar-refractivity contribution is 7.99. The Bertz CT molecular complexity index is 5030. The van der Waals surface area contributed by atoms with E-state index in [1.165, 1.54) is 59.0 Å². The van der Waals surface area contributed by atoms with Crippen molar-refractivity contribution in [3.8, 4) is 50.7 Å². The van der Waals surface area contributed by atoms with E-state index in [9.17, 15) is 0 Å². The summed E-state index contributed by atoms with van der Waals surface area (Å²) in [4.78, 5) is 16.4. The van der Waals surface area contributed by atoms with Gasteiger partial charge in [0.25, 0.3) is 0 Å². The zero-order valence-corrected chi connectivity index (χ0v) is 43.2. The fraction of sp³-hybridized carbons (Fsp3) is 0.0139. The monoisotopic (exact) mass is 1020 g/mol. The minimum atomic E-state index is -0.674. The summed E-state index contributed by atoms with van der Waals surface area (Å²) < 4.78 is 7.09. The van der Waals surface area contributed by atoms with Crippen molar-refractivity contribution in [1.82, 2.24) is 23.7 Å². The molecule has 0 radical (unpaired) electrons. The third kappa shape index (κ3) is 6.17. The summed E-state index contributed by atoms with van der Waals surface area (Å²) in [6, 6.07) is 88.3. The van der Waals surface area contributed by atoms with Crippen LogP contribution in [0.25, 0.3) is 121 Å². The van der Waals surface area contributed by atoms with Gasteiger partial charge in [0.1, 0.15) is 0 Å². The molecule has 0 saturated carbocycles. The number of hydrogen-bond acceptors (Lipinski definition) is 3. The molecular formula is C72H42N6S. The quantitative estimate of drug-likeness (QED) is 0.161. The van der Waals surface area contributed by atoms with Gasteiger partial charge in [0.2, 0.25) is 0 Å².